The molecule has 5 rings (SSSR count). The number of carbonyl (C=O) groups is 2. The lowest BCUT2D eigenvalue weighted by Crippen LogP contribution is -2.49. The summed E-state index contributed by atoms with van der Waals surface area (Å²) in [7, 11) is 0. The summed E-state index contributed by atoms with van der Waals surface area (Å²) in [4.78, 5) is 28.6. The van der Waals surface area contributed by atoms with Gasteiger partial charge in [-0.05, 0) is 54.3 Å². The van der Waals surface area contributed by atoms with Crippen molar-refractivity contribution < 1.29 is 19.1 Å². The molecule has 0 aliphatic carbocycles. The Morgan fingerprint density at radius 2 is 1.49 bits per heavy atom. The molecule has 5 heteroatoms. The molecule has 1 heterocycles. The molecule has 186 valence electrons. The first-order chi connectivity index (χ1) is 17.9. The SMILES string of the molecule is CC1(C)OC(=O)[C@@H](Cc2cccc(OCc3ccccc3)c2)N1C(=O)c1ccccc1-c1ccccc1. The van der Waals surface area contributed by atoms with Crippen LogP contribution in [0.3, 0.4) is 0 Å². The highest BCUT2D eigenvalue weighted by Crippen LogP contribution is 2.34. The molecule has 4 aromatic carbocycles. The fourth-order valence-corrected chi connectivity index (χ4v) is 4.80. The first-order valence-corrected chi connectivity index (χ1v) is 12.4. The van der Waals surface area contributed by atoms with Crippen LogP contribution in [0.4, 0.5) is 0 Å². The van der Waals surface area contributed by atoms with E-state index in [1.54, 1.807) is 24.8 Å². The molecular weight excluding hydrogens is 462 g/mol. The molecule has 1 fully saturated rings. The highest BCUT2D eigenvalue weighted by atomic mass is 16.6. The number of benzene rings is 4. The zero-order valence-corrected chi connectivity index (χ0v) is 21.0. The van der Waals surface area contributed by atoms with Gasteiger partial charge in [-0.25, -0.2) is 4.79 Å². The van der Waals surface area contributed by atoms with E-state index in [2.05, 4.69) is 0 Å². The number of carbonyl (C=O) groups excluding carboxylic acids is 2. The van der Waals surface area contributed by atoms with Gasteiger partial charge in [-0.1, -0.05) is 91.0 Å². The molecule has 5 nitrogen and oxygen atoms in total. The molecule has 0 radical (unpaired) electrons. The average molecular weight is 492 g/mol. The van der Waals surface area contributed by atoms with Crippen LogP contribution in [0.15, 0.2) is 109 Å². The summed E-state index contributed by atoms with van der Waals surface area (Å²) >= 11 is 0. The number of hydrogen-bond donors (Lipinski definition) is 0. The fraction of sp³-hybridized carbons (Fsp3) is 0.188. The van der Waals surface area contributed by atoms with E-state index in [1.807, 2.05) is 103 Å². The Balaban J connectivity index is 1.41. The van der Waals surface area contributed by atoms with Crippen LogP contribution in [0.2, 0.25) is 0 Å². The number of amides is 1. The molecule has 0 saturated carbocycles. The second kappa shape index (κ2) is 10.3. The predicted octanol–water partition coefficient (Wildman–Crippen LogP) is 6.28. The van der Waals surface area contributed by atoms with Gasteiger partial charge in [-0.3, -0.25) is 9.69 Å². The number of nitrogens with zero attached hydrogens (tertiary/aromatic N) is 1. The second-order valence-electron chi connectivity index (χ2n) is 9.60. The average Bonchev–Trinajstić information content (AvgIpc) is 3.15. The van der Waals surface area contributed by atoms with Crippen molar-refractivity contribution >= 4 is 11.9 Å². The molecular formula is C32H29NO4. The van der Waals surface area contributed by atoms with Gasteiger partial charge in [0, 0.05) is 12.0 Å². The van der Waals surface area contributed by atoms with Gasteiger partial charge >= 0.3 is 5.97 Å². The summed E-state index contributed by atoms with van der Waals surface area (Å²) in [5.41, 5.74) is 3.17. The van der Waals surface area contributed by atoms with Crippen molar-refractivity contribution in [2.24, 2.45) is 0 Å². The van der Waals surface area contributed by atoms with Crippen molar-refractivity contribution in [2.45, 2.75) is 38.6 Å². The van der Waals surface area contributed by atoms with E-state index in [-0.39, 0.29) is 5.91 Å². The third kappa shape index (κ3) is 5.26. The lowest BCUT2D eigenvalue weighted by Gasteiger charge is -2.32. The van der Waals surface area contributed by atoms with Crippen LogP contribution in [0, 0.1) is 0 Å². The first kappa shape index (κ1) is 24.3. The Bertz CT molecular complexity index is 1400. The molecule has 1 amide bonds. The van der Waals surface area contributed by atoms with Crippen LogP contribution in [-0.2, 0) is 22.6 Å². The summed E-state index contributed by atoms with van der Waals surface area (Å²) in [5.74, 6) is 0.0576. The number of rotatable bonds is 7. The number of cyclic esters (lactones) is 1. The van der Waals surface area contributed by atoms with Crippen molar-refractivity contribution in [1.82, 2.24) is 4.90 Å². The van der Waals surface area contributed by atoms with Crippen molar-refractivity contribution in [1.29, 1.82) is 0 Å². The summed E-state index contributed by atoms with van der Waals surface area (Å²) in [6.45, 7) is 3.96. The number of ether oxygens (including phenoxy) is 2. The van der Waals surface area contributed by atoms with Gasteiger partial charge in [0.2, 0.25) is 0 Å². The van der Waals surface area contributed by atoms with Crippen molar-refractivity contribution in [2.75, 3.05) is 0 Å². The van der Waals surface area contributed by atoms with Crippen LogP contribution in [0.1, 0.15) is 35.3 Å². The van der Waals surface area contributed by atoms with E-state index in [0.717, 1.165) is 22.3 Å². The topological polar surface area (TPSA) is 55.8 Å². The quantitative estimate of drug-likeness (QED) is 0.286. The van der Waals surface area contributed by atoms with Gasteiger partial charge in [0.1, 0.15) is 18.4 Å². The highest BCUT2D eigenvalue weighted by molar-refractivity contribution is 6.03. The molecule has 1 atom stereocenters. The minimum atomic E-state index is -1.08. The van der Waals surface area contributed by atoms with E-state index in [1.165, 1.54) is 0 Å². The van der Waals surface area contributed by atoms with Crippen LogP contribution < -0.4 is 4.74 Å². The largest absolute Gasteiger partial charge is 0.489 e. The fourth-order valence-electron chi connectivity index (χ4n) is 4.80. The van der Waals surface area contributed by atoms with E-state index in [0.29, 0.717) is 24.3 Å². The molecule has 1 aliphatic heterocycles. The summed E-state index contributed by atoms with van der Waals surface area (Å²) in [6.07, 6.45) is 0.323. The van der Waals surface area contributed by atoms with Crippen LogP contribution in [0.25, 0.3) is 11.1 Å². The molecule has 0 N–H and O–H groups in total. The van der Waals surface area contributed by atoms with Gasteiger partial charge in [0.15, 0.2) is 5.72 Å². The minimum absolute atomic E-state index is 0.239. The van der Waals surface area contributed by atoms with E-state index in [9.17, 15) is 9.59 Å². The Morgan fingerprint density at radius 3 is 2.24 bits per heavy atom. The molecule has 1 aliphatic rings. The van der Waals surface area contributed by atoms with Crippen molar-refractivity contribution in [3.8, 4) is 16.9 Å². The minimum Gasteiger partial charge on any atom is -0.489 e. The van der Waals surface area contributed by atoms with Crippen molar-refractivity contribution in [3.63, 3.8) is 0 Å². The third-order valence-electron chi connectivity index (χ3n) is 6.55. The molecule has 0 bridgehead atoms. The molecule has 0 unspecified atom stereocenters. The maximum Gasteiger partial charge on any atom is 0.331 e. The Kier molecular flexibility index (Phi) is 6.78. The molecule has 0 aromatic heterocycles. The maximum absolute atomic E-state index is 14.0. The lowest BCUT2D eigenvalue weighted by molar-refractivity contribution is -0.148. The monoisotopic (exact) mass is 491 g/mol. The lowest BCUT2D eigenvalue weighted by atomic mass is 9.97. The summed E-state index contributed by atoms with van der Waals surface area (Å²) in [5, 5.41) is 0. The van der Waals surface area contributed by atoms with Gasteiger partial charge in [0.05, 0.1) is 0 Å². The molecule has 1 saturated heterocycles. The van der Waals surface area contributed by atoms with Crippen LogP contribution in [0.5, 0.6) is 5.75 Å². The Morgan fingerprint density at radius 1 is 0.838 bits per heavy atom. The smallest absolute Gasteiger partial charge is 0.331 e. The predicted molar refractivity (Wildman–Crippen MR) is 143 cm³/mol. The summed E-state index contributed by atoms with van der Waals surface area (Å²) in [6, 6.07) is 34.1. The second-order valence-corrected chi connectivity index (χ2v) is 9.60. The van der Waals surface area contributed by atoms with Gasteiger partial charge in [-0.2, -0.15) is 0 Å². The summed E-state index contributed by atoms with van der Waals surface area (Å²) < 4.78 is 11.7. The van der Waals surface area contributed by atoms with Gasteiger partial charge in [0.25, 0.3) is 5.91 Å². The zero-order valence-electron chi connectivity index (χ0n) is 21.0. The normalized spacial score (nSPS) is 16.3. The van der Waals surface area contributed by atoms with E-state index < -0.39 is 17.7 Å². The standard InChI is InChI=1S/C32H29NO4/c1-32(2)33(30(34)28-19-10-9-18-27(28)25-15-7-4-8-16-25)29(31(35)37-32)21-24-14-11-17-26(20-24)36-22-23-12-5-3-6-13-23/h3-20,29H,21-22H2,1-2H3/t29-/m1/s1. The van der Waals surface area contributed by atoms with Gasteiger partial charge in [-0.15, -0.1) is 0 Å². The Labute approximate surface area is 217 Å². The van der Waals surface area contributed by atoms with Crippen LogP contribution >= 0.6 is 0 Å². The Hall–Kier alpha value is -4.38. The molecule has 4 aromatic rings. The van der Waals surface area contributed by atoms with Crippen molar-refractivity contribution in [3.05, 3.63) is 126 Å². The maximum atomic E-state index is 14.0. The molecule has 0 spiro atoms. The van der Waals surface area contributed by atoms with E-state index >= 15 is 0 Å². The highest BCUT2D eigenvalue weighted by Gasteiger charge is 2.50. The van der Waals surface area contributed by atoms with Gasteiger partial charge < -0.3 is 9.47 Å². The number of hydrogen-bond acceptors (Lipinski definition) is 4. The number of esters is 1. The molecule has 37 heavy (non-hydrogen) atoms. The van der Waals surface area contributed by atoms with Crippen LogP contribution in [-0.4, -0.2) is 28.5 Å². The third-order valence-corrected chi connectivity index (χ3v) is 6.55. The first-order valence-electron chi connectivity index (χ1n) is 12.4. The zero-order chi connectivity index (χ0) is 25.8. The van der Waals surface area contributed by atoms with E-state index in [4.69, 9.17) is 9.47 Å².